The van der Waals surface area contributed by atoms with Crippen molar-refractivity contribution in [2.45, 2.75) is 51.4 Å². The van der Waals surface area contributed by atoms with Gasteiger partial charge in [-0.15, -0.1) is 0 Å². The van der Waals surface area contributed by atoms with Crippen LogP contribution in [-0.2, 0) is 9.47 Å². The molecule has 1 amide bonds. The first kappa shape index (κ1) is 19.0. The summed E-state index contributed by atoms with van der Waals surface area (Å²) in [7, 11) is 0. The number of carbonyl (C=O) groups excluding carboxylic acids is 1. The Balaban J connectivity index is 4.25. The van der Waals surface area contributed by atoms with E-state index in [9.17, 15) is 4.79 Å². The second-order valence-electron chi connectivity index (χ2n) is 5.00. The maximum atomic E-state index is 11.6. The van der Waals surface area contributed by atoms with Gasteiger partial charge in [-0.2, -0.15) is 5.26 Å². The van der Waals surface area contributed by atoms with E-state index < -0.39 is 11.7 Å². The molecule has 0 aliphatic heterocycles. The zero-order valence-corrected chi connectivity index (χ0v) is 14.0. The lowest BCUT2D eigenvalue weighted by Gasteiger charge is -2.21. The Labute approximate surface area is 130 Å². The van der Waals surface area contributed by atoms with E-state index in [0.29, 0.717) is 30.4 Å². The number of nitrogens with zero attached hydrogens (tertiary/aromatic N) is 1. The summed E-state index contributed by atoms with van der Waals surface area (Å²) >= 11 is 6.42. The molecule has 0 rings (SSSR count). The molecule has 0 aromatic carbocycles. The predicted octanol–water partition coefficient (Wildman–Crippen LogP) is 3.24. The standard InChI is InChI=1S/C13H22N2O3S2/c1-5-17-12(19)20-10(7-6-8-14)9-15-11(16)18-13(2,3)4/h10H,5-7,9H2,1-4H3,(H,15,16). The summed E-state index contributed by atoms with van der Waals surface area (Å²) in [6.07, 6.45) is 0.564. The van der Waals surface area contributed by atoms with Crippen molar-refractivity contribution in [3.05, 3.63) is 0 Å². The molecule has 0 radical (unpaired) electrons. The van der Waals surface area contributed by atoms with Crippen LogP contribution in [-0.4, -0.2) is 34.5 Å². The van der Waals surface area contributed by atoms with Crippen LogP contribution in [0, 0.1) is 11.3 Å². The van der Waals surface area contributed by atoms with Crippen molar-refractivity contribution >= 4 is 34.5 Å². The van der Waals surface area contributed by atoms with Crippen molar-refractivity contribution in [3.63, 3.8) is 0 Å². The number of ether oxygens (including phenoxy) is 2. The molecule has 1 N–H and O–H groups in total. The first-order chi connectivity index (χ1) is 9.28. The third-order valence-corrected chi connectivity index (χ3v) is 3.43. The number of hydrogen-bond acceptors (Lipinski definition) is 6. The molecule has 0 fully saturated rings. The van der Waals surface area contributed by atoms with Crippen LogP contribution in [0.1, 0.15) is 40.5 Å². The van der Waals surface area contributed by atoms with Gasteiger partial charge in [0, 0.05) is 18.2 Å². The molecule has 1 atom stereocenters. The summed E-state index contributed by atoms with van der Waals surface area (Å²) in [5.41, 5.74) is -0.528. The smallest absolute Gasteiger partial charge is 0.407 e. The van der Waals surface area contributed by atoms with Gasteiger partial charge in [-0.3, -0.25) is 0 Å². The van der Waals surface area contributed by atoms with Gasteiger partial charge in [-0.05, 0) is 46.3 Å². The Bertz CT molecular complexity index is 362. The molecule has 5 nitrogen and oxygen atoms in total. The molecule has 0 bridgehead atoms. The minimum atomic E-state index is -0.528. The number of amides is 1. The molecule has 0 aromatic rings. The molecule has 0 aliphatic carbocycles. The average Bonchev–Trinajstić information content (AvgIpc) is 2.30. The van der Waals surface area contributed by atoms with Crippen LogP contribution in [0.3, 0.4) is 0 Å². The summed E-state index contributed by atoms with van der Waals surface area (Å²) in [5.74, 6) is 0. The molecule has 0 heterocycles. The lowest BCUT2D eigenvalue weighted by molar-refractivity contribution is 0.0528. The number of hydrogen-bond donors (Lipinski definition) is 1. The fourth-order valence-electron chi connectivity index (χ4n) is 1.23. The van der Waals surface area contributed by atoms with Gasteiger partial charge >= 0.3 is 6.09 Å². The van der Waals surface area contributed by atoms with E-state index in [2.05, 4.69) is 11.4 Å². The summed E-state index contributed by atoms with van der Waals surface area (Å²) in [6, 6.07) is 2.09. The number of rotatable bonds is 6. The fraction of sp³-hybridized carbons (Fsp3) is 0.769. The maximum Gasteiger partial charge on any atom is 0.407 e. The number of nitriles is 1. The van der Waals surface area contributed by atoms with Crippen molar-refractivity contribution in [3.8, 4) is 6.07 Å². The highest BCUT2D eigenvalue weighted by Crippen LogP contribution is 2.19. The normalized spacial score (nSPS) is 12.2. The summed E-state index contributed by atoms with van der Waals surface area (Å²) < 4.78 is 10.8. The van der Waals surface area contributed by atoms with Gasteiger partial charge in [0.25, 0.3) is 0 Å². The van der Waals surface area contributed by atoms with Gasteiger partial charge in [0.1, 0.15) is 5.60 Å². The van der Waals surface area contributed by atoms with Crippen molar-refractivity contribution in [2.24, 2.45) is 0 Å². The van der Waals surface area contributed by atoms with E-state index in [0.717, 1.165) is 0 Å². The van der Waals surface area contributed by atoms with Crippen LogP contribution < -0.4 is 5.32 Å². The third kappa shape index (κ3) is 10.9. The van der Waals surface area contributed by atoms with Crippen LogP contribution in [0.2, 0.25) is 0 Å². The van der Waals surface area contributed by atoms with Crippen molar-refractivity contribution < 1.29 is 14.3 Å². The van der Waals surface area contributed by atoms with Crippen LogP contribution in [0.25, 0.3) is 0 Å². The van der Waals surface area contributed by atoms with Crippen molar-refractivity contribution in [1.82, 2.24) is 5.32 Å². The van der Waals surface area contributed by atoms with E-state index in [1.54, 1.807) is 20.8 Å². The lowest BCUT2D eigenvalue weighted by atomic mass is 10.2. The average molecular weight is 318 g/mol. The van der Waals surface area contributed by atoms with E-state index in [4.69, 9.17) is 27.0 Å². The highest BCUT2D eigenvalue weighted by Gasteiger charge is 2.18. The van der Waals surface area contributed by atoms with Crippen LogP contribution >= 0.6 is 24.0 Å². The number of alkyl carbamates (subject to hydrolysis) is 1. The highest BCUT2D eigenvalue weighted by atomic mass is 32.2. The van der Waals surface area contributed by atoms with E-state index >= 15 is 0 Å². The molecule has 0 aliphatic rings. The number of thioether (sulfide) groups is 1. The molecular formula is C13H22N2O3S2. The van der Waals surface area contributed by atoms with Gasteiger partial charge in [-0.1, -0.05) is 11.8 Å². The minimum absolute atomic E-state index is 0.00113. The largest absolute Gasteiger partial charge is 0.479 e. The fourth-order valence-corrected chi connectivity index (χ4v) is 2.61. The monoisotopic (exact) mass is 318 g/mol. The lowest BCUT2D eigenvalue weighted by Crippen LogP contribution is -2.36. The first-order valence-electron chi connectivity index (χ1n) is 6.45. The Morgan fingerprint density at radius 2 is 2.15 bits per heavy atom. The SMILES string of the molecule is CCOC(=S)SC(CCC#N)CNC(=O)OC(C)(C)C. The second-order valence-corrected chi connectivity index (χ2v) is 6.90. The molecule has 20 heavy (non-hydrogen) atoms. The van der Waals surface area contributed by atoms with Gasteiger partial charge < -0.3 is 14.8 Å². The zero-order valence-electron chi connectivity index (χ0n) is 12.4. The molecule has 0 aromatic heterocycles. The quantitative estimate of drug-likeness (QED) is 0.758. The van der Waals surface area contributed by atoms with Crippen molar-refractivity contribution in [1.29, 1.82) is 5.26 Å². The van der Waals surface area contributed by atoms with Gasteiger partial charge in [0.05, 0.1) is 12.7 Å². The molecule has 0 spiro atoms. The Morgan fingerprint density at radius 3 is 2.65 bits per heavy atom. The number of thiocarbonyl (C=S) groups is 1. The predicted molar refractivity (Wildman–Crippen MR) is 84.7 cm³/mol. The van der Waals surface area contributed by atoms with E-state index in [1.807, 2.05) is 6.92 Å². The Morgan fingerprint density at radius 1 is 1.50 bits per heavy atom. The Hall–Kier alpha value is -1.00. The van der Waals surface area contributed by atoms with Gasteiger partial charge in [0.15, 0.2) is 0 Å². The van der Waals surface area contributed by atoms with E-state index in [-0.39, 0.29) is 5.25 Å². The van der Waals surface area contributed by atoms with Crippen LogP contribution in [0.5, 0.6) is 0 Å². The molecule has 0 saturated carbocycles. The maximum absolute atomic E-state index is 11.6. The van der Waals surface area contributed by atoms with Crippen LogP contribution in [0.4, 0.5) is 4.79 Å². The molecule has 114 valence electrons. The highest BCUT2D eigenvalue weighted by molar-refractivity contribution is 8.23. The van der Waals surface area contributed by atoms with Crippen molar-refractivity contribution in [2.75, 3.05) is 13.2 Å². The minimum Gasteiger partial charge on any atom is -0.479 e. The summed E-state index contributed by atoms with van der Waals surface area (Å²) in [6.45, 7) is 8.16. The molecule has 1 unspecified atom stereocenters. The number of nitrogens with one attached hydrogen (secondary N) is 1. The topological polar surface area (TPSA) is 71.3 Å². The molecular weight excluding hydrogens is 296 g/mol. The summed E-state index contributed by atoms with van der Waals surface area (Å²) in [5, 5.41) is 11.3. The molecule has 0 saturated heterocycles. The third-order valence-electron chi connectivity index (χ3n) is 1.98. The summed E-state index contributed by atoms with van der Waals surface area (Å²) in [4.78, 5) is 11.6. The first-order valence-corrected chi connectivity index (χ1v) is 7.74. The van der Waals surface area contributed by atoms with Crippen LogP contribution in [0.15, 0.2) is 0 Å². The molecule has 7 heteroatoms. The van der Waals surface area contributed by atoms with Gasteiger partial charge in [-0.25, -0.2) is 4.79 Å². The second kappa shape index (κ2) is 9.83. The Kier molecular flexibility index (Phi) is 9.34. The zero-order chi connectivity index (χ0) is 15.6. The van der Waals surface area contributed by atoms with Gasteiger partial charge in [0.2, 0.25) is 4.38 Å². The van der Waals surface area contributed by atoms with E-state index in [1.165, 1.54) is 11.8 Å². The number of carbonyl (C=O) groups is 1.